The zero-order chi connectivity index (χ0) is 25.9. The van der Waals surface area contributed by atoms with Crippen molar-refractivity contribution in [2.75, 3.05) is 0 Å². The smallest absolute Gasteiger partial charge is 0.293 e. The molecular weight excluding hydrogens is 436 g/mol. The first-order chi connectivity index (χ1) is 16.0. The summed E-state index contributed by atoms with van der Waals surface area (Å²) in [6.07, 6.45) is 9.33. The van der Waals surface area contributed by atoms with E-state index in [-0.39, 0.29) is 44.5 Å². The van der Waals surface area contributed by atoms with E-state index in [0.29, 0.717) is 18.3 Å². The van der Waals surface area contributed by atoms with Crippen LogP contribution in [0, 0.1) is 50.2 Å². The van der Waals surface area contributed by atoms with Crippen molar-refractivity contribution < 1.29 is 19.7 Å². The van der Waals surface area contributed by atoms with Gasteiger partial charge in [0.2, 0.25) is 0 Å². The van der Waals surface area contributed by atoms with Crippen LogP contribution in [0.15, 0.2) is 0 Å². The summed E-state index contributed by atoms with van der Waals surface area (Å²) in [6.45, 7) is 19.9. The van der Waals surface area contributed by atoms with Crippen molar-refractivity contribution in [3.8, 4) is 0 Å². The highest BCUT2D eigenvalue weighted by molar-refractivity contribution is 5.40. The summed E-state index contributed by atoms with van der Waals surface area (Å²) >= 11 is 0. The van der Waals surface area contributed by atoms with Crippen LogP contribution in [0.5, 0.6) is 0 Å². The fourth-order valence-electron chi connectivity index (χ4n) is 12.2. The van der Waals surface area contributed by atoms with Crippen LogP contribution in [0.25, 0.3) is 0 Å². The molecule has 10 atom stereocenters. The molecule has 35 heavy (non-hydrogen) atoms. The number of rotatable bonds is 2. The van der Waals surface area contributed by atoms with E-state index >= 15 is 0 Å². The molecule has 5 aliphatic rings. The average molecular weight is 489 g/mol. The van der Waals surface area contributed by atoms with Crippen LogP contribution in [-0.4, -0.2) is 34.5 Å². The fourth-order valence-corrected chi connectivity index (χ4v) is 12.2. The zero-order valence-electron chi connectivity index (χ0n) is 23.7. The van der Waals surface area contributed by atoms with Gasteiger partial charge < -0.3 is 14.9 Å². The molecule has 2 N–H and O–H groups in total. The molecule has 0 aliphatic heterocycles. The Morgan fingerprint density at radius 1 is 0.743 bits per heavy atom. The van der Waals surface area contributed by atoms with Gasteiger partial charge in [0.1, 0.15) is 5.60 Å². The van der Waals surface area contributed by atoms with E-state index in [2.05, 4.69) is 55.4 Å². The fraction of sp³-hybridized carbons (Fsp3) is 0.968. The molecule has 0 amide bonds. The van der Waals surface area contributed by atoms with Crippen LogP contribution >= 0.6 is 0 Å². The molecule has 0 spiro atoms. The quantitative estimate of drug-likeness (QED) is 0.435. The number of fused-ring (bicyclic) bond motifs is 7. The lowest BCUT2D eigenvalue weighted by Gasteiger charge is -2.76. The molecule has 4 heteroatoms. The average Bonchev–Trinajstić information content (AvgIpc) is 2.73. The van der Waals surface area contributed by atoms with Crippen molar-refractivity contribution in [2.45, 2.75) is 137 Å². The molecule has 5 rings (SSSR count). The number of aliphatic hydroxyl groups is 2. The second-order valence-electron chi connectivity index (χ2n) is 16.1. The Balaban J connectivity index is 1.61. The van der Waals surface area contributed by atoms with E-state index in [1.807, 2.05) is 0 Å². The highest BCUT2D eigenvalue weighted by Gasteiger charge is 2.75. The van der Waals surface area contributed by atoms with Gasteiger partial charge in [0.15, 0.2) is 0 Å². The topological polar surface area (TPSA) is 66.8 Å². The van der Waals surface area contributed by atoms with Gasteiger partial charge in [-0.1, -0.05) is 55.4 Å². The minimum absolute atomic E-state index is 0.0125. The van der Waals surface area contributed by atoms with E-state index in [0.717, 1.165) is 64.2 Å². The first-order valence-electron chi connectivity index (χ1n) is 14.5. The van der Waals surface area contributed by atoms with E-state index in [9.17, 15) is 15.0 Å². The second-order valence-corrected chi connectivity index (χ2v) is 16.1. The van der Waals surface area contributed by atoms with Gasteiger partial charge in [0, 0.05) is 5.41 Å². The number of hydrogen-bond acceptors (Lipinski definition) is 4. The maximum absolute atomic E-state index is 12.2. The molecule has 0 bridgehead atoms. The Morgan fingerprint density at radius 3 is 2.06 bits per heavy atom. The number of ether oxygens (including phenoxy) is 1. The van der Waals surface area contributed by atoms with Crippen LogP contribution in [0.1, 0.15) is 120 Å². The van der Waals surface area contributed by atoms with E-state index in [4.69, 9.17) is 4.74 Å². The predicted molar refractivity (Wildman–Crippen MR) is 139 cm³/mol. The third kappa shape index (κ3) is 3.08. The monoisotopic (exact) mass is 488 g/mol. The number of carbonyl (C=O) groups excluding carboxylic acids is 1. The van der Waals surface area contributed by atoms with Crippen LogP contribution in [0.4, 0.5) is 0 Å². The highest BCUT2D eigenvalue weighted by atomic mass is 16.5. The van der Waals surface area contributed by atoms with Crippen molar-refractivity contribution in [3.05, 3.63) is 0 Å². The molecular formula is C31H52O4. The Labute approximate surface area is 214 Å². The van der Waals surface area contributed by atoms with Gasteiger partial charge >= 0.3 is 0 Å². The van der Waals surface area contributed by atoms with Gasteiger partial charge in [-0.3, -0.25) is 4.79 Å². The first kappa shape index (κ1) is 26.0. The van der Waals surface area contributed by atoms with Gasteiger partial charge in [0.25, 0.3) is 6.47 Å². The Bertz CT molecular complexity index is 881. The third-order valence-corrected chi connectivity index (χ3v) is 14.0. The summed E-state index contributed by atoms with van der Waals surface area (Å²) in [7, 11) is 0. The van der Waals surface area contributed by atoms with Crippen molar-refractivity contribution >= 4 is 6.47 Å². The molecule has 0 aromatic carbocycles. The minimum atomic E-state index is -0.462. The highest BCUT2D eigenvalue weighted by Crippen LogP contribution is 2.78. The van der Waals surface area contributed by atoms with Gasteiger partial charge in [-0.25, -0.2) is 0 Å². The first-order valence-corrected chi connectivity index (χ1v) is 14.5. The van der Waals surface area contributed by atoms with Crippen molar-refractivity contribution in [1.29, 1.82) is 0 Å². The molecule has 0 saturated heterocycles. The Hall–Kier alpha value is -0.610. The van der Waals surface area contributed by atoms with Crippen LogP contribution in [0.3, 0.4) is 0 Å². The van der Waals surface area contributed by atoms with Gasteiger partial charge in [0.05, 0.1) is 12.2 Å². The lowest BCUT2D eigenvalue weighted by atomic mass is 9.29. The van der Waals surface area contributed by atoms with Crippen molar-refractivity contribution in [1.82, 2.24) is 0 Å². The Morgan fingerprint density at radius 2 is 1.40 bits per heavy atom. The lowest BCUT2D eigenvalue weighted by molar-refractivity contribution is -0.313. The number of aliphatic hydroxyl groups excluding tert-OH is 2. The SMILES string of the molecule is CC1(C)CCC2(OC=O)CC[C@]3(C)C(C(O)CC4C5(C)CCC(O)C(C)(C)C5CCC43C)C2(C)C1. The van der Waals surface area contributed by atoms with Crippen LogP contribution < -0.4 is 0 Å². The number of carbonyl (C=O) groups is 1. The molecule has 0 heterocycles. The predicted octanol–water partition coefficient (Wildman–Crippen LogP) is 6.52. The largest absolute Gasteiger partial charge is 0.461 e. The van der Waals surface area contributed by atoms with Gasteiger partial charge in [-0.05, 0) is 109 Å². The van der Waals surface area contributed by atoms with Crippen LogP contribution in [0.2, 0.25) is 0 Å². The van der Waals surface area contributed by atoms with Crippen molar-refractivity contribution in [2.24, 2.45) is 50.2 Å². The maximum Gasteiger partial charge on any atom is 0.293 e. The maximum atomic E-state index is 12.2. The molecule has 5 aliphatic carbocycles. The summed E-state index contributed by atoms with van der Waals surface area (Å²) < 4.78 is 6.11. The van der Waals surface area contributed by atoms with E-state index in [1.165, 1.54) is 0 Å². The molecule has 5 saturated carbocycles. The van der Waals surface area contributed by atoms with Gasteiger partial charge in [-0.2, -0.15) is 0 Å². The van der Waals surface area contributed by atoms with Gasteiger partial charge in [-0.15, -0.1) is 0 Å². The summed E-state index contributed by atoms with van der Waals surface area (Å²) in [6, 6.07) is 0. The molecule has 0 radical (unpaired) electrons. The van der Waals surface area contributed by atoms with Crippen molar-refractivity contribution in [3.63, 3.8) is 0 Å². The Kier molecular flexibility index (Phi) is 5.57. The normalized spacial score (nSPS) is 56.6. The summed E-state index contributed by atoms with van der Waals surface area (Å²) in [5, 5.41) is 23.1. The summed E-state index contributed by atoms with van der Waals surface area (Å²) in [5.41, 5.74) is -0.374. The van der Waals surface area contributed by atoms with E-state index in [1.54, 1.807) is 0 Å². The second kappa shape index (κ2) is 7.49. The molecule has 9 unspecified atom stereocenters. The molecule has 0 aromatic rings. The molecule has 4 nitrogen and oxygen atoms in total. The standard InChI is InChI=1S/C31H52O4/c1-25(2)13-15-31(35-19-32)16-14-29(7)24(30(31,8)18-25)20(33)17-22-27(5)11-10-23(34)26(3,4)21(27)9-12-28(22,29)6/h19-24,33-34H,9-18H2,1-8H3/t20?,21?,22?,23?,24?,27?,28?,29-,30?,31?/m1/s1. The third-order valence-electron chi connectivity index (χ3n) is 14.0. The van der Waals surface area contributed by atoms with E-state index < -0.39 is 11.7 Å². The van der Waals surface area contributed by atoms with Crippen LogP contribution in [-0.2, 0) is 9.53 Å². The number of hydrogen-bond donors (Lipinski definition) is 2. The molecule has 0 aromatic heterocycles. The molecule has 200 valence electrons. The molecule has 5 fully saturated rings. The summed E-state index contributed by atoms with van der Waals surface area (Å²) in [5.74, 6) is 1.04. The minimum Gasteiger partial charge on any atom is -0.461 e. The zero-order valence-corrected chi connectivity index (χ0v) is 23.7. The lowest BCUT2D eigenvalue weighted by Crippen LogP contribution is -2.74. The summed E-state index contributed by atoms with van der Waals surface area (Å²) in [4.78, 5) is 11.8.